The number of aromatic amines is 1. The third kappa shape index (κ3) is 2.24. The minimum Gasteiger partial charge on any atom is -0.497 e. The number of hydrogen-bond acceptors (Lipinski definition) is 3. The topological polar surface area (TPSA) is 50.3 Å². The fraction of sp³-hybridized carbons (Fsp3) is 0.333. The highest BCUT2D eigenvalue weighted by atomic mass is 32.1. The number of aromatic nitrogens is 2. The van der Waals surface area contributed by atoms with Crippen molar-refractivity contribution < 1.29 is 9.53 Å². The highest BCUT2D eigenvalue weighted by Gasteiger charge is 2.10. The highest BCUT2D eigenvalue weighted by molar-refractivity contribution is 7.71. The maximum absolute atomic E-state index is 11.7. The number of nitrogens with zero attached hydrogens (tertiary/aromatic N) is 2. The van der Waals surface area contributed by atoms with Crippen LogP contribution in [-0.4, -0.2) is 41.6 Å². The van der Waals surface area contributed by atoms with E-state index in [2.05, 4.69) is 4.98 Å². The number of fused-ring (bicyclic) bond motifs is 1. The predicted octanol–water partition coefficient (Wildman–Crippen LogP) is 1.80. The van der Waals surface area contributed by atoms with Gasteiger partial charge in [0.25, 0.3) is 0 Å². The smallest absolute Gasteiger partial charge is 0.242 e. The molecule has 0 spiro atoms. The van der Waals surface area contributed by atoms with Crippen LogP contribution in [0.2, 0.25) is 0 Å². The molecule has 0 aliphatic carbocycles. The number of methoxy groups -OCH3 is 1. The van der Waals surface area contributed by atoms with E-state index < -0.39 is 0 Å². The lowest BCUT2D eigenvalue weighted by molar-refractivity contribution is -0.129. The number of nitrogens with one attached hydrogen (secondary N) is 1. The summed E-state index contributed by atoms with van der Waals surface area (Å²) >= 11 is 5.23. The Morgan fingerprint density at radius 2 is 2.22 bits per heavy atom. The van der Waals surface area contributed by atoms with Crippen molar-refractivity contribution >= 4 is 29.2 Å². The number of rotatable bonds is 3. The van der Waals surface area contributed by atoms with Crippen molar-refractivity contribution in [3.8, 4) is 5.75 Å². The lowest BCUT2D eigenvalue weighted by Gasteiger charge is -2.11. The number of benzene rings is 1. The first kappa shape index (κ1) is 12.6. The van der Waals surface area contributed by atoms with Gasteiger partial charge in [0.1, 0.15) is 12.3 Å². The largest absolute Gasteiger partial charge is 0.497 e. The Hall–Kier alpha value is -1.82. The average molecular weight is 265 g/mol. The number of H-pyrrole nitrogens is 1. The number of carbonyl (C=O) groups is 1. The molecular formula is C12H15N3O2S. The van der Waals surface area contributed by atoms with E-state index in [1.54, 1.807) is 30.7 Å². The molecule has 0 atom stereocenters. The number of likely N-dealkylation sites (N-methyl/N-ethyl adjacent to an activating group) is 1. The SMILES string of the molecule is COc1ccc2c(c1)[nH]c(=S)n2CC(=O)N(C)C. The Kier molecular flexibility index (Phi) is 3.38. The van der Waals surface area contributed by atoms with Crippen molar-refractivity contribution in [1.29, 1.82) is 0 Å². The highest BCUT2D eigenvalue weighted by Crippen LogP contribution is 2.20. The number of carbonyl (C=O) groups excluding carboxylic acids is 1. The van der Waals surface area contributed by atoms with Crippen molar-refractivity contribution in [2.75, 3.05) is 21.2 Å². The van der Waals surface area contributed by atoms with E-state index in [0.717, 1.165) is 16.8 Å². The van der Waals surface area contributed by atoms with Gasteiger partial charge in [-0.15, -0.1) is 0 Å². The van der Waals surface area contributed by atoms with Gasteiger partial charge < -0.3 is 19.2 Å². The number of hydrogen-bond donors (Lipinski definition) is 1. The first-order valence-electron chi connectivity index (χ1n) is 5.49. The molecular weight excluding hydrogens is 250 g/mol. The van der Waals surface area contributed by atoms with Gasteiger partial charge in [-0.25, -0.2) is 0 Å². The van der Waals surface area contributed by atoms with Crippen LogP contribution in [-0.2, 0) is 11.3 Å². The van der Waals surface area contributed by atoms with Gasteiger partial charge in [-0.3, -0.25) is 4.79 Å². The van der Waals surface area contributed by atoms with Crippen molar-refractivity contribution in [2.24, 2.45) is 0 Å². The molecule has 1 N–H and O–H groups in total. The molecule has 5 nitrogen and oxygen atoms in total. The van der Waals surface area contributed by atoms with Gasteiger partial charge >= 0.3 is 0 Å². The van der Waals surface area contributed by atoms with Crippen LogP contribution >= 0.6 is 12.2 Å². The van der Waals surface area contributed by atoms with Crippen LogP contribution in [0, 0.1) is 4.77 Å². The summed E-state index contributed by atoms with van der Waals surface area (Å²) in [6.07, 6.45) is 0. The fourth-order valence-corrected chi connectivity index (χ4v) is 1.98. The minimum absolute atomic E-state index is 0.00261. The monoisotopic (exact) mass is 265 g/mol. The van der Waals surface area contributed by atoms with E-state index >= 15 is 0 Å². The third-order valence-corrected chi connectivity index (χ3v) is 3.10. The van der Waals surface area contributed by atoms with Crippen LogP contribution in [0.15, 0.2) is 18.2 Å². The summed E-state index contributed by atoms with van der Waals surface area (Å²) in [4.78, 5) is 16.4. The van der Waals surface area contributed by atoms with E-state index in [-0.39, 0.29) is 12.5 Å². The van der Waals surface area contributed by atoms with Crippen molar-refractivity contribution in [1.82, 2.24) is 14.5 Å². The second-order valence-electron chi connectivity index (χ2n) is 4.19. The molecule has 1 aromatic heterocycles. The van der Waals surface area contributed by atoms with Crippen molar-refractivity contribution in [3.63, 3.8) is 0 Å². The molecule has 0 bridgehead atoms. The molecule has 2 rings (SSSR count). The lowest BCUT2D eigenvalue weighted by atomic mass is 10.3. The van der Waals surface area contributed by atoms with Crippen LogP contribution in [0.5, 0.6) is 5.75 Å². The molecule has 0 unspecified atom stereocenters. The predicted molar refractivity (Wildman–Crippen MR) is 72.4 cm³/mol. The molecule has 1 aromatic carbocycles. The van der Waals surface area contributed by atoms with Crippen molar-refractivity contribution in [3.05, 3.63) is 23.0 Å². The van der Waals surface area contributed by atoms with Crippen LogP contribution in [0.1, 0.15) is 0 Å². The van der Waals surface area contributed by atoms with Gasteiger partial charge in [0.15, 0.2) is 4.77 Å². The van der Waals surface area contributed by atoms with Crippen LogP contribution in [0.4, 0.5) is 0 Å². The normalized spacial score (nSPS) is 10.6. The quantitative estimate of drug-likeness (QED) is 0.861. The molecule has 96 valence electrons. The van der Waals surface area contributed by atoms with Crippen LogP contribution in [0.25, 0.3) is 11.0 Å². The summed E-state index contributed by atoms with van der Waals surface area (Å²) < 4.78 is 7.47. The van der Waals surface area contributed by atoms with Gasteiger partial charge in [0.2, 0.25) is 5.91 Å². The lowest BCUT2D eigenvalue weighted by Crippen LogP contribution is -2.26. The van der Waals surface area contributed by atoms with Gasteiger partial charge in [-0.1, -0.05) is 0 Å². The fourth-order valence-electron chi connectivity index (χ4n) is 1.70. The first-order valence-corrected chi connectivity index (χ1v) is 5.90. The minimum atomic E-state index is 0.00261. The molecule has 0 fully saturated rings. The maximum atomic E-state index is 11.7. The van der Waals surface area contributed by atoms with Crippen LogP contribution in [0.3, 0.4) is 0 Å². The van der Waals surface area contributed by atoms with Gasteiger partial charge in [0, 0.05) is 20.2 Å². The molecule has 0 aliphatic heterocycles. The van der Waals surface area contributed by atoms with Gasteiger partial charge in [0.05, 0.1) is 18.1 Å². The molecule has 0 saturated carbocycles. The summed E-state index contributed by atoms with van der Waals surface area (Å²) in [5.41, 5.74) is 1.77. The zero-order valence-corrected chi connectivity index (χ0v) is 11.4. The maximum Gasteiger partial charge on any atom is 0.242 e. The van der Waals surface area contributed by atoms with Gasteiger partial charge in [-0.2, -0.15) is 0 Å². The zero-order chi connectivity index (χ0) is 13.3. The molecule has 1 amide bonds. The summed E-state index contributed by atoms with van der Waals surface area (Å²) in [5.74, 6) is 0.757. The number of imidazole rings is 1. The number of ether oxygens (including phenoxy) is 1. The van der Waals surface area contributed by atoms with Gasteiger partial charge in [-0.05, 0) is 24.4 Å². The Morgan fingerprint density at radius 3 is 2.83 bits per heavy atom. The molecule has 6 heteroatoms. The van der Waals surface area contributed by atoms with E-state index in [9.17, 15) is 4.79 Å². The number of amides is 1. The Bertz CT molecular complexity index is 642. The molecule has 0 saturated heterocycles. The molecule has 0 radical (unpaired) electrons. The average Bonchev–Trinajstić information content (AvgIpc) is 2.64. The van der Waals surface area contributed by atoms with E-state index in [4.69, 9.17) is 17.0 Å². The molecule has 2 aromatic rings. The van der Waals surface area contributed by atoms with E-state index in [1.807, 2.05) is 18.2 Å². The van der Waals surface area contributed by atoms with E-state index in [1.165, 1.54) is 0 Å². The van der Waals surface area contributed by atoms with Crippen molar-refractivity contribution in [2.45, 2.75) is 6.54 Å². The standard InChI is InChI=1S/C12H15N3O2S/c1-14(2)11(16)7-15-10-5-4-8(17-3)6-9(10)13-12(15)18/h4-6H,7H2,1-3H3,(H,13,18). The van der Waals surface area contributed by atoms with E-state index in [0.29, 0.717) is 4.77 Å². The summed E-state index contributed by atoms with van der Waals surface area (Å²) in [5, 5.41) is 0. The Balaban J connectivity index is 2.48. The van der Waals surface area contributed by atoms with Crippen LogP contribution < -0.4 is 4.74 Å². The molecule has 0 aliphatic rings. The zero-order valence-electron chi connectivity index (χ0n) is 10.6. The first-order chi connectivity index (χ1) is 8.52. The third-order valence-electron chi connectivity index (χ3n) is 2.77. The molecule has 18 heavy (non-hydrogen) atoms. The second-order valence-corrected chi connectivity index (χ2v) is 4.57. The summed E-state index contributed by atoms with van der Waals surface area (Å²) in [6, 6.07) is 5.60. The second kappa shape index (κ2) is 4.81. The Labute approximate surface area is 110 Å². The summed E-state index contributed by atoms with van der Waals surface area (Å²) in [6.45, 7) is 0.234. The Morgan fingerprint density at radius 1 is 1.50 bits per heavy atom. The molecule has 1 heterocycles. The summed E-state index contributed by atoms with van der Waals surface area (Å²) in [7, 11) is 5.07.